The molecule has 2 unspecified atom stereocenters. The number of hydrogen-bond acceptors (Lipinski definition) is 2. The van der Waals surface area contributed by atoms with Crippen LogP contribution in [0.3, 0.4) is 0 Å². The predicted octanol–water partition coefficient (Wildman–Crippen LogP) is 0.0726. The van der Waals surface area contributed by atoms with Crippen LogP contribution >= 0.6 is 0 Å². The molecule has 0 saturated carbocycles. The normalized spacial score (nSPS) is 30.5. The smallest absolute Gasteiger partial charge is 0.239 e. The molecule has 1 amide bonds. The number of nitrogens with one attached hydrogen (secondary N) is 1. The minimum Gasteiger partial charge on any atom is -0.347 e. The Kier molecular flexibility index (Phi) is 2.49. The van der Waals surface area contributed by atoms with Crippen molar-refractivity contribution in [3.63, 3.8) is 0 Å². The van der Waals surface area contributed by atoms with Crippen molar-refractivity contribution in [2.45, 2.75) is 19.4 Å². The lowest BCUT2D eigenvalue weighted by atomic mass is 10.1. The molecule has 1 aliphatic rings. The molecule has 0 bridgehead atoms. The highest BCUT2D eigenvalue weighted by Crippen LogP contribution is 2.13. The summed E-state index contributed by atoms with van der Waals surface area (Å²) in [6.07, 6.45) is 0.983. The van der Waals surface area contributed by atoms with Crippen molar-refractivity contribution in [1.29, 1.82) is 0 Å². The van der Waals surface area contributed by atoms with Crippen LogP contribution in [0.15, 0.2) is 0 Å². The van der Waals surface area contributed by atoms with Gasteiger partial charge in [-0.05, 0) is 18.9 Å². The average Bonchev–Trinajstić information content (AvgIpc) is 2.34. The lowest BCUT2D eigenvalue weighted by Crippen LogP contribution is -2.39. The minimum absolute atomic E-state index is 0.0694. The van der Waals surface area contributed by atoms with Gasteiger partial charge >= 0.3 is 0 Å². The van der Waals surface area contributed by atoms with Crippen LogP contribution in [0, 0.1) is 5.92 Å². The lowest BCUT2D eigenvalue weighted by Gasteiger charge is -2.15. The second kappa shape index (κ2) is 3.22. The third-order valence-corrected chi connectivity index (χ3v) is 2.09. The molecule has 0 radical (unpaired) electrons. The summed E-state index contributed by atoms with van der Waals surface area (Å²) in [4.78, 5) is 13.0. The molecule has 0 aromatic rings. The maximum absolute atomic E-state index is 11.4. The minimum atomic E-state index is 0.0694. The molecule has 1 N–H and O–H groups in total. The van der Waals surface area contributed by atoms with E-state index < -0.39 is 0 Å². The Morgan fingerprint density at radius 2 is 2.18 bits per heavy atom. The van der Waals surface area contributed by atoms with E-state index in [4.69, 9.17) is 0 Å². The highest BCUT2D eigenvalue weighted by molar-refractivity contribution is 5.81. The van der Waals surface area contributed by atoms with Gasteiger partial charge in [0.25, 0.3) is 0 Å². The summed E-state index contributed by atoms with van der Waals surface area (Å²) in [6, 6.07) is 0.0694. The number of carbonyl (C=O) groups excluding carboxylic acids is 1. The molecule has 3 nitrogen and oxygen atoms in total. The van der Waals surface area contributed by atoms with Gasteiger partial charge < -0.3 is 10.2 Å². The summed E-state index contributed by atoms with van der Waals surface area (Å²) >= 11 is 0. The van der Waals surface area contributed by atoms with Crippen molar-refractivity contribution in [2.75, 3.05) is 20.6 Å². The lowest BCUT2D eigenvalue weighted by molar-refractivity contribution is -0.130. The molecule has 0 spiro atoms. The first kappa shape index (κ1) is 8.53. The first-order chi connectivity index (χ1) is 5.11. The van der Waals surface area contributed by atoms with Gasteiger partial charge in [0, 0.05) is 14.1 Å². The molecule has 0 aromatic heterocycles. The van der Waals surface area contributed by atoms with Crippen LogP contribution in [0.5, 0.6) is 0 Å². The Balaban J connectivity index is 2.43. The standard InChI is InChI=1S/C8H16N2O/c1-6-4-7(9-5-6)8(11)10(2)3/h6-7,9H,4-5H2,1-3H3. The van der Waals surface area contributed by atoms with Crippen LogP contribution in [-0.2, 0) is 4.79 Å². The van der Waals surface area contributed by atoms with E-state index in [1.165, 1.54) is 0 Å². The number of carbonyl (C=O) groups is 1. The number of rotatable bonds is 1. The predicted molar refractivity (Wildman–Crippen MR) is 44.3 cm³/mol. The zero-order valence-corrected chi connectivity index (χ0v) is 7.42. The van der Waals surface area contributed by atoms with Crippen molar-refractivity contribution >= 4 is 5.91 Å². The zero-order valence-electron chi connectivity index (χ0n) is 7.42. The molecule has 3 heteroatoms. The molecular weight excluding hydrogens is 140 g/mol. The molecule has 64 valence electrons. The van der Waals surface area contributed by atoms with Crippen molar-refractivity contribution in [2.24, 2.45) is 5.92 Å². The van der Waals surface area contributed by atoms with E-state index in [2.05, 4.69) is 12.2 Å². The molecule has 2 atom stereocenters. The van der Waals surface area contributed by atoms with Gasteiger partial charge in [0.05, 0.1) is 6.04 Å². The molecule has 1 saturated heterocycles. The van der Waals surface area contributed by atoms with Gasteiger partial charge in [0.1, 0.15) is 0 Å². The van der Waals surface area contributed by atoms with Crippen LogP contribution < -0.4 is 5.32 Å². The van der Waals surface area contributed by atoms with Crippen LogP contribution in [0.4, 0.5) is 0 Å². The average molecular weight is 156 g/mol. The maximum atomic E-state index is 11.4. The number of amides is 1. The monoisotopic (exact) mass is 156 g/mol. The van der Waals surface area contributed by atoms with Crippen molar-refractivity contribution < 1.29 is 4.79 Å². The molecule has 1 heterocycles. The summed E-state index contributed by atoms with van der Waals surface area (Å²) in [7, 11) is 3.60. The van der Waals surface area contributed by atoms with E-state index in [9.17, 15) is 4.79 Å². The van der Waals surface area contributed by atoms with Crippen LogP contribution in [0.1, 0.15) is 13.3 Å². The van der Waals surface area contributed by atoms with Crippen molar-refractivity contribution in [3.05, 3.63) is 0 Å². The second-order valence-electron chi connectivity index (χ2n) is 3.53. The number of nitrogens with zero attached hydrogens (tertiary/aromatic N) is 1. The van der Waals surface area contributed by atoms with E-state index in [0.29, 0.717) is 5.92 Å². The van der Waals surface area contributed by atoms with Crippen LogP contribution in [0.25, 0.3) is 0 Å². The Labute approximate surface area is 67.8 Å². The molecule has 1 aliphatic heterocycles. The fourth-order valence-corrected chi connectivity index (χ4v) is 1.41. The third kappa shape index (κ3) is 1.93. The fraction of sp³-hybridized carbons (Fsp3) is 0.875. The van der Waals surface area contributed by atoms with Crippen molar-refractivity contribution in [3.8, 4) is 0 Å². The van der Waals surface area contributed by atoms with Gasteiger partial charge in [0.2, 0.25) is 5.91 Å². The summed E-state index contributed by atoms with van der Waals surface area (Å²) in [5.41, 5.74) is 0. The molecule has 1 fully saturated rings. The van der Waals surface area contributed by atoms with E-state index in [0.717, 1.165) is 13.0 Å². The van der Waals surface area contributed by atoms with Gasteiger partial charge in [-0.25, -0.2) is 0 Å². The van der Waals surface area contributed by atoms with Crippen molar-refractivity contribution in [1.82, 2.24) is 10.2 Å². The third-order valence-electron chi connectivity index (χ3n) is 2.09. The van der Waals surface area contributed by atoms with Crippen LogP contribution in [0.2, 0.25) is 0 Å². The van der Waals surface area contributed by atoms with Gasteiger partial charge in [-0.2, -0.15) is 0 Å². The Bertz CT molecular complexity index is 156. The van der Waals surface area contributed by atoms with Gasteiger partial charge in [-0.3, -0.25) is 4.79 Å². The second-order valence-corrected chi connectivity index (χ2v) is 3.53. The first-order valence-corrected chi connectivity index (χ1v) is 4.06. The van der Waals surface area contributed by atoms with Gasteiger partial charge in [-0.15, -0.1) is 0 Å². The summed E-state index contributed by atoms with van der Waals surface area (Å²) in [5, 5.41) is 3.20. The zero-order chi connectivity index (χ0) is 8.43. The Morgan fingerprint density at radius 3 is 2.55 bits per heavy atom. The SMILES string of the molecule is CC1CNC(C(=O)N(C)C)C1. The molecule has 0 aliphatic carbocycles. The maximum Gasteiger partial charge on any atom is 0.239 e. The molecule has 1 rings (SSSR count). The van der Waals surface area contributed by atoms with Gasteiger partial charge in [-0.1, -0.05) is 6.92 Å². The molecular formula is C8H16N2O. The summed E-state index contributed by atoms with van der Waals surface area (Å²) < 4.78 is 0. The largest absolute Gasteiger partial charge is 0.347 e. The first-order valence-electron chi connectivity index (χ1n) is 4.06. The van der Waals surface area contributed by atoms with E-state index in [1.807, 2.05) is 0 Å². The van der Waals surface area contributed by atoms with Crippen LogP contribution in [-0.4, -0.2) is 37.5 Å². The Morgan fingerprint density at radius 1 is 1.55 bits per heavy atom. The molecule has 0 aromatic carbocycles. The molecule has 11 heavy (non-hydrogen) atoms. The van der Waals surface area contributed by atoms with E-state index in [-0.39, 0.29) is 11.9 Å². The summed E-state index contributed by atoms with van der Waals surface area (Å²) in [6.45, 7) is 3.14. The number of hydrogen-bond donors (Lipinski definition) is 1. The Hall–Kier alpha value is -0.570. The topological polar surface area (TPSA) is 32.3 Å². The summed E-state index contributed by atoms with van der Waals surface area (Å²) in [5.74, 6) is 0.846. The fourth-order valence-electron chi connectivity index (χ4n) is 1.41. The van der Waals surface area contributed by atoms with E-state index in [1.54, 1.807) is 19.0 Å². The highest BCUT2D eigenvalue weighted by Gasteiger charge is 2.27. The quantitative estimate of drug-likeness (QED) is 0.583. The van der Waals surface area contributed by atoms with E-state index >= 15 is 0 Å². The number of likely N-dealkylation sites (N-methyl/N-ethyl adjacent to an activating group) is 1. The van der Waals surface area contributed by atoms with Gasteiger partial charge in [0.15, 0.2) is 0 Å². The highest BCUT2D eigenvalue weighted by atomic mass is 16.2.